The van der Waals surface area contributed by atoms with Gasteiger partial charge in [0.1, 0.15) is 18.4 Å². The van der Waals surface area contributed by atoms with Gasteiger partial charge in [0.05, 0.1) is 10.6 Å². The van der Waals surface area contributed by atoms with Gasteiger partial charge in [-0.05, 0) is 66.3 Å². The summed E-state index contributed by atoms with van der Waals surface area (Å²) in [6, 6.07) is 29.4. The number of benzene rings is 4. The summed E-state index contributed by atoms with van der Waals surface area (Å²) in [5.41, 5.74) is 2.64. The first-order valence-electron chi connectivity index (χ1n) is 15.8. The summed E-state index contributed by atoms with van der Waals surface area (Å²) in [6.07, 6.45) is 4.55. The molecule has 4 aromatic carbocycles. The number of sulfonamides is 1. The lowest BCUT2D eigenvalue weighted by molar-refractivity contribution is -0.140. The lowest BCUT2D eigenvalue weighted by Crippen LogP contribution is -2.54. The number of amides is 2. The SMILES string of the molecule is CCc1ccccc1N(CC(=O)N(Cc1ccc(F)cc1)[C@@H](Cc1ccccc1)C(=O)NC1CCCC1)S(=O)(=O)c1ccccc1. The highest BCUT2D eigenvalue weighted by molar-refractivity contribution is 7.92. The van der Waals surface area contributed by atoms with Crippen molar-refractivity contribution in [2.24, 2.45) is 0 Å². The second-order valence-corrected chi connectivity index (χ2v) is 13.5. The normalized spacial score (nSPS) is 14.0. The van der Waals surface area contributed by atoms with Crippen LogP contribution in [0.5, 0.6) is 0 Å². The van der Waals surface area contributed by atoms with Gasteiger partial charge in [-0.3, -0.25) is 13.9 Å². The van der Waals surface area contributed by atoms with Gasteiger partial charge in [0.15, 0.2) is 0 Å². The van der Waals surface area contributed by atoms with Gasteiger partial charge in [0.25, 0.3) is 10.0 Å². The molecule has 1 atom stereocenters. The first-order valence-corrected chi connectivity index (χ1v) is 17.2. The summed E-state index contributed by atoms with van der Waals surface area (Å²) in [7, 11) is -4.18. The van der Waals surface area contributed by atoms with Gasteiger partial charge in [0, 0.05) is 19.0 Å². The Balaban J connectivity index is 1.58. The molecule has 1 fully saturated rings. The first kappa shape index (κ1) is 32.9. The molecule has 1 aliphatic rings. The molecule has 2 amide bonds. The highest BCUT2D eigenvalue weighted by atomic mass is 32.2. The van der Waals surface area contributed by atoms with Crippen molar-refractivity contribution in [1.29, 1.82) is 0 Å². The van der Waals surface area contributed by atoms with Crippen molar-refractivity contribution in [3.8, 4) is 0 Å². The Bertz CT molecular complexity index is 1710. The van der Waals surface area contributed by atoms with Crippen molar-refractivity contribution in [2.75, 3.05) is 10.8 Å². The van der Waals surface area contributed by atoms with Crippen LogP contribution in [0.2, 0.25) is 0 Å². The van der Waals surface area contributed by atoms with Crippen LogP contribution in [0.15, 0.2) is 114 Å². The van der Waals surface area contributed by atoms with Crippen LogP contribution in [-0.2, 0) is 39.0 Å². The van der Waals surface area contributed by atoms with E-state index in [1.165, 1.54) is 29.2 Å². The van der Waals surface area contributed by atoms with E-state index in [-0.39, 0.29) is 29.8 Å². The molecule has 0 saturated heterocycles. The van der Waals surface area contributed by atoms with Gasteiger partial charge in [-0.2, -0.15) is 0 Å². The number of aryl methyl sites for hydroxylation is 1. The molecule has 1 saturated carbocycles. The van der Waals surface area contributed by atoms with Crippen LogP contribution in [0.3, 0.4) is 0 Å². The molecule has 0 aromatic heterocycles. The lowest BCUT2D eigenvalue weighted by atomic mass is 10.0. The molecule has 0 spiro atoms. The number of rotatable bonds is 13. The lowest BCUT2D eigenvalue weighted by Gasteiger charge is -2.34. The minimum absolute atomic E-state index is 0.0106. The molecule has 46 heavy (non-hydrogen) atoms. The van der Waals surface area contributed by atoms with Crippen LogP contribution in [0.4, 0.5) is 10.1 Å². The third-order valence-corrected chi connectivity index (χ3v) is 10.3. The standard InChI is InChI=1S/C37H40FN3O4S/c1-2-30-15-9-12-20-34(30)41(46(44,45)33-18-7-4-8-19-33)27-36(42)40(26-29-21-23-31(38)24-22-29)35(25-28-13-5-3-6-14-28)37(43)39-32-16-10-11-17-32/h3-9,12-15,18-24,32,35H,2,10-11,16-17,25-27H2,1H3,(H,39,43)/t35-/m0/s1. The van der Waals surface area contributed by atoms with Gasteiger partial charge in [-0.25, -0.2) is 12.8 Å². The van der Waals surface area contributed by atoms with E-state index >= 15 is 0 Å². The Morgan fingerprint density at radius 3 is 2.09 bits per heavy atom. The van der Waals surface area contributed by atoms with Crippen LogP contribution in [0.25, 0.3) is 0 Å². The van der Waals surface area contributed by atoms with E-state index < -0.39 is 34.3 Å². The fraction of sp³-hybridized carbons (Fsp3) is 0.297. The summed E-state index contributed by atoms with van der Waals surface area (Å²) in [6.45, 7) is 1.39. The third-order valence-electron chi connectivity index (χ3n) is 8.49. The van der Waals surface area contributed by atoms with Gasteiger partial charge in [-0.15, -0.1) is 0 Å². The number of para-hydroxylation sites is 1. The number of halogens is 1. The average Bonchev–Trinajstić information content (AvgIpc) is 3.59. The molecule has 1 N–H and O–H groups in total. The second-order valence-electron chi connectivity index (χ2n) is 11.7. The number of hydrogen-bond donors (Lipinski definition) is 1. The van der Waals surface area contributed by atoms with E-state index in [4.69, 9.17) is 0 Å². The van der Waals surface area contributed by atoms with Crippen molar-refractivity contribution in [3.63, 3.8) is 0 Å². The zero-order chi connectivity index (χ0) is 32.5. The fourth-order valence-corrected chi connectivity index (χ4v) is 7.47. The minimum atomic E-state index is -4.18. The molecule has 0 heterocycles. The maximum atomic E-state index is 14.6. The highest BCUT2D eigenvalue weighted by Crippen LogP contribution is 2.29. The number of carbonyl (C=O) groups is 2. The monoisotopic (exact) mass is 641 g/mol. The van der Waals surface area contributed by atoms with Gasteiger partial charge in [0.2, 0.25) is 11.8 Å². The van der Waals surface area contributed by atoms with Gasteiger partial charge in [-0.1, -0.05) is 98.6 Å². The van der Waals surface area contributed by atoms with Crippen LogP contribution in [0.1, 0.15) is 49.3 Å². The molecular formula is C37H40FN3O4S. The fourth-order valence-electron chi connectivity index (χ4n) is 5.99. The molecule has 9 heteroatoms. The molecule has 7 nitrogen and oxygen atoms in total. The summed E-state index contributed by atoms with van der Waals surface area (Å²) < 4.78 is 43.5. The van der Waals surface area contributed by atoms with E-state index in [9.17, 15) is 22.4 Å². The Morgan fingerprint density at radius 1 is 0.826 bits per heavy atom. The van der Waals surface area contributed by atoms with E-state index in [1.807, 2.05) is 49.4 Å². The van der Waals surface area contributed by atoms with Crippen molar-refractivity contribution >= 4 is 27.5 Å². The molecular weight excluding hydrogens is 601 g/mol. The predicted octanol–water partition coefficient (Wildman–Crippen LogP) is 6.28. The number of nitrogens with zero attached hydrogens (tertiary/aromatic N) is 2. The number of carbonyl (C=O) groups excluding carboxylic acids is 2. The highest BCUT2D eigenvalue weighted by Gasteiger charge is 2.36. The van der Waals surface area contributed by atoms with Crippen LogP contribution >= 0.6 is 0 Å². The molecule has 0 bridgehead atoms. The zero-order valence-electron chi connectivity index (χ0n) is 26.0. The second kappa shape index (κ2) is 15.2. The van der Waals surface area contributed by atoms with Crippen molar-refractivity contribution in [1.82, 2.24) is 10.2 Å². The van der Waals surface area contributed by atoms with Crippen LogP contribution < -0.4 is 9.62 Å². The smallest absolute Gasteiger partial charge is 0.264 e. The Labute approximate surface area is 271 Å². The zero-order valence-corrected chi connectivity index (χ0v) is 26.8. The Morgan fingerprint density at radius 2 is 1.43 bits per heavy atom. The van der Waals surface area contributed by atoms with Gasteiger partial charge >= 0.3 is 0 Å². The van der Waals surface area contributed by atoms with E-state index in [0.29, 0.717) is 17.7 Å². The Hall–Kier alpha value is -4.50. The number of anilines is 1. The summed E-state index contributed by atoms with van der Waals surface area (Å²) in [5.74, 6) is -1.26. The maximum Gasteiger partial charge on any atom is 0.264 e. The quantitative estimate of drug-likeness (QED) is 0.186. The summed E-state index contributed by atoms with van der Waals surface area (Å²) in [5, 5.41) is 3.16. The molecule has 240 valence electrons. The maximum absolute atomic E-state index is 14.6. The van der Waals surface area contributed by atoms with Crippen molar-refractivity contribution in [3.05, 3.63) is 132 Å². The molecule has 5 rings (SSSR count). The molecule has 0 unspecified atom stereocenters. The summed E-state index contributed by atoms with van der Waals surface area (Å²) >= 11 is 0. The summed E-state index contributed by atoms with van der Waals surface area (Å²) in [4.78, 5) is 30.2. The first-order chi connectivity index (χ1) is 22.3. The van der Waals surface area contributed by atoms with Gasteiger partial charge < -0.3 is 10.2 Å². The molecule has 0 radical (unpaired) electrons. The van der Waals surface area contributed by atoms with E-state index in [0.717, 1.165) is 41.1 Å². The molecule has 4 aromatic rings. The third kappa shape index (κ3) is 8.01. The van der Waals surface area contributed by atoms with Crippen LogP contribution in [0, 0.1) is 5.82 Å². The predicted molar refractivity (Wildman–Crippen MR) is 178 cm³/mol. The van der Waals surface area contributed by atoms with E-state index in [1.54, 1.807) is 42.5 Å². The minimum Gasteiger partial charge on any atom is -0.352 e. The molecule has 0 aliphatic heterocycles. The number of nitrogens with one attached hydrogen (secondary N) is 1. The topological polar surface area (TPSA) is 86.8 Å². The van der Waals surface area contributed by atoms with Crippen LogP contribution in [-0.4, -0.2) is 43.8 Å². The Kier molecular flexibility index (Phi) is 10.9. The van der Waals surface area contributed by atoms with Crippen molar-refractivity contribution < 1.29 is 22.4 Å². The average molecular weight is 642 g/mol. The molecule has 1 aliphatic carbocycles. The van der Waals surface area contributed by atoms with Crippen molar-refractivity contribution in [2.45, 2.75) is 69.0 Å². The number of hydrogen-bond acceptors (Lipinski definition) is 4. The largest absolute Gasteiger partial charge is 0.352 e. The van der Waals surface area contributed by atoms with E-state index in [2.05, 4.69) is 5.32 Å².